The minimum Gasteiger partial charge on any atom is -0.320 e. The number of sulfonamides is 1. The maximum Gasteiger partial charge on any atom is 0.246 e. The number of aromatic nitrogens is 2. The fourth-order valence-electron chi connectivity index (χ4n) is 1.82. The molecule has 0 atom stereocenters. The first-order valence-corrected chi connectivity index (χ1v) is 7.65. The zero-order valence-corrected chi connectivity index (χ0v) is 11.7. The van der Waals surface area contributed by atoms with E-state index in [1.807, 2.05) is 7.05 Å². The molecule has 6 nitrogen and oxygen atoms in total. The first-order chi connectivity index (χ1) is 8.55. The molecule has 0 aliphatic heterocycles. The van der Waals surface area contributed by atoms with Crippen LogP contribution in [0.15, 0.2) is 17.3 Å². The molecule has 0 bridgehead atoms. The maximum atomic E-state index is 12.2. The highest BCUT2D eigenvalue weighted by Gasteiger charge is 2.35. The smallest absolute Gasteiger partial charge is 0.246 e. The van der Waals surface area contributed by atoms with Crippen molar-refractivity contribution in [2.24, 2.45) is 0 Å². The molecule has 0 spiro atoms. The minimum atomic E-state index is -3.35. The van der Waals surface area contributed by atoms with Crippen LogP contribution in [0.25, 0.3) is 0 Å². The highest BCUT2D eigenvalue weighted by atomic mass is 32.2. The van der Waals surface area contributed by atoms with Crippen LogP contribution in [0.3, 0.4) is 0 Å². The summed E-state index contributed by atoms with van der Waals surface area (Å²) in [5.74, 6) is 0. The van der Waals surface area contributed by atoms with E-state index in [-0.39, 0.29) is 6.04 Å². The Morgan fingerprint density at radius 1 is 1.56 bits per heavy atom. The lowest BCUT2D eigenvalue weighted by molar-refractivity contribution is 0.464. The van der Waals surface area contributed by atoms with Crippen LogP contribution in [0.5, 0.6) is 0 Å². The van der Waals surface area contributed by atoms with Crippen molar-refractivity contribution in [2.75, 3.05) is 20.6 Å². The van der Waals surface area contributed by atoms with Crippen LogP contribution in [0.2, 0.25) is 0 Å². The lowest BCUT2D eigenvalue weighted by Gasteiger charge is -2.14. The summed E-state index contributed by atoms with van der Waals surface area (Å²) in [6, 6.07) is 0.183. The first-order valence-electron chi connectivity index (χ1n) is 6.21. The lowest BCUT2D eigenvalue weighted by Crippen LogP contribution is -2.28. The molecular formula is C11H20N4O2S. The third-order valence-electron chi connectivity index (χ3n) is 3.16. The van der Waals surface area contributed by atoms with E-state index in [2.05, 4.69) is 10.4 Å². The second-order valence-corrected chi connectivity index (χ2v) is 6.65. The van der Waals surface area contributed by atoms with E-state index in [4.69, 9.17) is 0 Å². The topological polar surface area (TPSA) is 67.2 Å². The number of hydrogen-bond acceptors (Lipinski definition) is 4. The molecule has 2 rings (SSSR count). The van der Waals surface area contributed by atoms with Crippen LogP contribution in [-0.4, -0.2) is 49.2 Å². The molecule has 0 aromatic carbocycles. The van der Waals surface area contributed by atoms with Gasteiger partial charge in [0.05, 0.1) is 6.20 Å². The van der Waals surface area contributed by atoms with Gasteiger partial charge in [-0.2, -0.15) is 9.40 Å². The largest absolute Gasteiger partial charge is 0.320 e. The van der Waals surface area contributed by atoms with E-state index in [1.165, 1.54) is 10.5 Å². The molecule has 7 heteroatoms. The summed E-state index contributed by atoms with van der Waals surface area (Å²) in [4.78, 5) is 0.293. The van der Waals surface area contributed by atoms with Gasteiger partial charge < -0.3 is 5.32 Å². The van der Waals surface area contributed by atoms with E-state index >= 15 is 0 Å². The Hall–Kier alpha value is -0.920. The van der Waals surface area contributed by atoms with E-state index in [0.29, 0.717) is 4.90 Å². The zero-order chi connectivity index (χ0) is 13.2. The van der Waals surface area contributed by atoms with Gasteiger partial charge in [-0.25, -0.2) is 8.42 Å². The van der Waals surface area contributed by atoms with Gasteiger partial charge in [-0.1, -0.05) is 0 Å². The Labute approximate surface area is 108 Å². The van der Waals surface area contributed by atoms with Crippen LogP contribution in [0.1, 0.15) is 19.3 Å². The molecule has 18 heavy (non-hydrogen) atoms. The summed E-state index contributed by atoms with van der Waals surface area (Å²) in [5.41, 5.74) is 0. The van der Waals surface area contributed by atoms with Crippen LogP contribution in [0.4, 0.5) is 0 Å². The van der Waals surface area contributed by atoms with Crippen molar-refractivity contribution in [2.45, 2.75) is 36.7 Å². The van der Waals surface area contributed by atoms with Crippen LogP contribution in [-0.2, 0) is 16.6 Å². The molecule has 0 saturated heterocycles. The van der Waals surface area contributed by atoms with E-state index in [0.717, 1.165) is 32.4 Å². The van der Waals surface area contributed by atoms with Crippen molar-refractivity contribution in [1.29, 1.82) is 0 Å². The zero-order valence-electron chi connectivity index (χ0n) is 10.8. The molecule has 1 aromatic rings. The monoisotopic (exact) mass is 272 g/mol. The fraction of sp³-hybridized carbons (Fsp3) is 0.727. The van der Waals surface area contributed by atoms with Gasteiger partial charge in [0.25, 0.3) is 0 Å². The molecule has 1 heterocycles. The van der Waals surface area contributed by atoms with Gasteiger partial charge >= 0.3 is 0 Å². The van der Waals surface area contributed by atoms with Gasteiger partial charge in [-0.3, -0.25) is 4.68 Å². The average molecular weight is 272 g/mol. The van der Waals surface area contributed by atoms with Crippen molar-refractivity contribution >= 4 is 10.0 Å². The number of hydrogen-bond donors (Lipinski definition) is 1. The van der Waals surface area contributed by atoms with Crippen LogP contribution >= 0.6 is 0 Å². The summed E-state index contributed by atoms with van der Waals surface area (Å²) in [7, 11) is 0.185. The molecular weight excluding hydrogens is 252 g/mol. The Morgan fingerprint density at radius 2 is 2.28 bits per heavy atom. The fourth-order valence-corrected chi connectivity index (χ4v) is 3.19. The first kappa shape index (κ1) is 13.5. The van der Waals surface area contributed by atoms with Crippen LogP contribution in [0, 0.1) is 0 Å². The van der Waals surface area contributed by atoms with Crippen molar-refractivity contribution in [1.82, 2.24) is 19.4 Å². The number of rotatable bonds is 7. The predicted molar refractivity (Wildman–Crippen MR) is 68.7 cm³/mol. The average Bonchev–Trinajstić information content (AvgIpc) is 3.07. The Balaban J connectivity index is 2.04. The molecule has 1 aliphatic rings. The van der Waals surface area contributed by atoms with Crippen molar-refractivity contribution in [3.8, 4) is 0 Å². The normalized spacial score (nSPS) is 16.4. The van der Waals surface area contributed by atoms with Crippen molar-refractivity contribution in [3.05, 3.63) is 12.4 Å². The summed E-state index contributed by atoms with van der Waals surface area (Å²) in [5, 5.41) is 7.15. The van der Waals surface area contributed by atoms with Gasteiger partial charge in [0, 0.05) is 25.8 Å². The van der Waals surface area contributed by atoms with E-state index < -0.39 is 10.0 Å². The standard InChI is InChI=1S/C11H20N4O2S/c1-12-6-3-7-15-9-11(8-13-15)18(16,17)14(2)10-4-5-10/h8-10,12H,3-7H2,1-2H3. The summed E-state index contributed by atoms with van der Waals surface area (Å²) < 4.78 is 27.6. The van der Waals surface area contributed by atoms with E-state index in [9.17, 15) is 8.42 Å². The molecule has 1 saturated carbocycles. The molecule has 102 valence electrons. The van der Waals surface area contributed by atoms with Gasteiger partial charge in [0.1, 0.15) is 4.90 Å². The third kappa shape index (κ3) is 2.90. The Kier molecular flexibility index (Phi) is 4.04. The summed E-state index contributed by atoms with van der Waals surface area (Å²) in [6.45, 7) is 1.62. The number of aryl methyl sites for hydroxylation is 1. The third-order valence-corrected chi connectivity index (χ3v) is 5.02. The molecule has 0 unspecified atom stereocenters. The highest BCUT2D eigenvalue weighted by Crippen LogP contribution is 2.30. The highest BCUT2D eigenvalue weighted by molar-refractivity contribution is 7.89. The van der Waals surface area contributed by atoms with Gasteiger partial charge in [-0.15, -0.1) is 0 Å². The summed E-state index contributed by atoms with van der Waals surface area (Å²) in [6.07, 6.45) is 5.91. The molecule has 0 amide bonds. The second-order valence-electron chi connectivity index (χ2n) is 4.65. The lowest BCUT2D eigenvalue weighted by atomic mass is 10.4. The SMILES string of the molecule is CNCCCn1cc(S(=O)(=O)N(C)C2CC2)cn1. The van der Waals surface area contributed by atoms with Gasteiger partial charge in [0.2, 0.25) is 10.0 Å². The molecule has 1 N–H and O–H groups in total. The van der Waals surface area contributed by atoms with Crippen LogP contribution < -0.4 is 5.32 Å². The quantitative estimate of drug-likeness (QED) is 0.724. The van der Waals surface area contributed by atoms with E-state index in [1.54, 1.807) is 17.9 Å². The molecule has 1 fully saturated rings. The van der Waals surface area contributed by atoms with Gasteiger partial charge in [0.15, 0.2) is 0 Å². The molecule has 1 aliphatic carbocycles. The van der Waals surface area contributed by atoms with Crippen molar-refractivity contribution < 1.29 is 8.42 Å². The maximum absolute atomic E-state index is 12.2. The van der Waals surface area contributed by atoms with Gasteiger partial charge in [-0.05, 0) is 32.9 Å². The molecule has 1 aromatic heterocycles. The minimum absolute atomic E-state index is 0.183. The number of nitrogens with one attached hydrogen (secondary N) is 1. The predicted octanol–water partition coefficient (Wildman–Crippen LogP) is 0.276. The number of nitrogens with zero attached hydrogens (tertiary/aromatic N) is 3. The summed E-state index contributed by atoms with van der Waals surface area (Å²) >= 11 is 0. The second kappa shape index (κ2) is 5.38. The Bertz CT molecular complexity index is 493. The van der Waals surface area contributed by atoms with Crippen molar-refractivity contribution in [3.63, 3.8) is 0 Å². The Morgan fingerprint density at radius 3 is 2.89 bits per heavy atom. The molecule has 0 radical (unpaired) electrons.